The highest BCUT2D eigenvalue weighted by molar-refractivity contribution is 6.72. The number of halogens is 1. The first-order valence-electron chi connectivity index (χ1n) is 17.8. The van der Waals surface area contributed by atoms with Crippen LogP contribution in [0.2, 0.25) is 18.6 Å². The van der Waals surface area contributed by atoms with Gasteiger partial charge in [-0.25, -0.2) is 0 Å². The number of amides is 2. The number of hydrogen-bond acceptors (Lipinski definition) is 10. The molecule has 16 heteroatoms. The number of aromatic nitrogens is 3. The van der Waals surface area contributed by atoms with Crippen LogP contribution in [0.1, 0.15) is 55.0 Å². The first kappa shape index (κ1) is 37.0. The molecule has 4 aromatic rings. The summed E-state index contributed by atoms with van der Waals surface area (Å²) < 4.78 is 30.2. The average Bonchev–Trinajstić information content (AvgIpc) is 3.78. The SMILES string of the molecule is CC(=O)OC1CC(=O)N1c1cccc(CN2C(=O)[C@@]3(O[C@@H](CCn4cc(C(CO)c5ccccc5)nn4)[C@H]([Si](C)(C)F)[C@H]3C)c3cc([N+](=O)[O-])ccc32)c1. The number of esters is 1. The number of fused-ring (bicyclic) bond motifs is 2. The quantitative estimate of drug-likeness (QED) is 0.0497. The fraction of sp³-hybridized carbons (Fsp3) is 0.395. The molecule has 3 aliphatic heterocycles. The average molecular weight is 757 g/mol. The molecule has 4 heterocycles. The zero-order chi connectivity index (χ0) is 38.5. The zero-order valence-corrected chi connectivity index (χ0v) is 31.3. The van der Waals surface area contributed by atoms with Crippen LogP contribution in [0.3, 0.4) is 0 Å². The van der Waals surface area contributed by atoms with Gasteiger partial charge < -0.3 is 23.6 Å². The van der Waals surface area contributed by atoms with E-state index in [1.165, 1.54) is 34.9 Å². The summed E-state index contributed by atoms with van der Waals surface area (Å²) in [4.78, 5) is 53.4. The van der Waals surface area contributed by atoms with Crippen molar-refractivity contribution in [2.45, 2.75) is 82.3 Å². The number of aliphatic hydroxyl groups is 1. The van der Waals surface area contributed by atoms with E-state index in [1.54, 1.807) is 55.2 Å². The number of carbonyl (C=O) groups is 3. The van der Waals surface area contributed by atoms with Crippen molar-refractivity contribution in [3.63, 3.8) is 0 Å². The van der Waals surface area contributed by atoms with E-state index >= 15 is 4.11 Å². The van der Waals surface area contributed by atoms with E-state index in [9.17, 15) is 29.6 Å². The third kappa shape index (κ3) is 6.47. The molecule has 0 aliphatic carbocycles. The summed E-state index contributed by atoms with van der Waals surface area (Å²) in [5.74, 6) is -2.27. The van der Waals surface area contributed by atoms with Gasteiger partial charge in [-0.05, 0) is 48.8 Å². The van der Waals surface area contributed by atoms with Crippen LogP contribution < -0.4 is 9.80 Å². The van der Waals surface area contributed by atoms with E-state index in [0.717, 1.165) is 5.56 Å². The van der Waals surface area contributed by atoms with Gasteiger partial charge in [0.15, 0.2) is 11.8 Å². The van der Waals surface area contributed by atoms with Crippen molar-refractivity contribution in [1.29, 1.82) is 0 Å². The van der Waals surface area contributed by atoms with Gasteiger partial charge in [-0.1, -0.05) is 54.6 Å². The van der Waals surface area contributed by atoms with Crippen molar-refractivity contribution in [2.75, 3.05) is 16.4 Å². The molecule has 3 aromatic carbocycles. The first-order chi connectivity index (χ1) is 25.7. The van der Waals surface area contributed by atoms with Gasteiger partial charge in [-0.3, -0.25) is 34.1 Å². The second-order valence-electron chi connectivity index (χ2n) is 14.7. The maximum absolute atomic E-state index is 16.5. The first-order valence-corrected chi connectivity index (χ1v) is 20.8. The predicted molar refractivity (Wildman–Crippen MR) is 196 cm³/mol. The molecule has 1 N–H and O–H groups in total. The van der Waals surface area contributed by atoms with Crippen LogP contribution >= 0.6 is 0 Å². The molecule has 282 valence electrons. The molecule has 1 aromatic heterocycles. The second-order valence-corrected chi connectivity index (χ2v) is 18.5. The Bertz CT molecular complexity index is 2110. The van der Waals surface area contributed by atoms with Crippen molar-refractivity contribution in [3.8, 4) is 0 Å². The lowest BCUT2D eigenvalue weighted by Crippen LogP contribution is -2.54. The van der Waals surface area contributed by atoms with Crippen LogP contribution in [0.5, 0.6) is 0 Å². The Hall–Kier alpha value is -5.32. The van der Waals surface area contributed by atoms with Crippen molar-refractivity contribution in [3.05, 3.63) is 111 Å². The van der Waals surface area contributed by atoms with Crippen LogP contribution in [0.15, 0.2) is 79.0 Å². The Morgan fingerprint density at radius 1 is 1.15 bits per heavy atom. The van der Waals surface area contributed by atoms with Gasteiger partial charge in [0, 0.05) is 54.5 Å². The maximum atomic E-state index is 16.5. The molecule has 2 amide bonds. The lowest BCUT2D eigenvalue weighted by molar-refractivity contribution is -0.385. The largest absolute Gasteiger partial charge is 0.441 e. The van der Waals surface area contributed by atoms with Crippen LogP contribution in [0.25, 0.3) is 0 Å². The number of aliphatic hydroxyl groups excluding tert-OH is 1. The fourth-order valence-corrected chi connectivity index (χ4v) is 11.0. The van der Waals surface area contributed by atoms with Gasteiger partial charge >= 0.3 is 5.97 Å². The number of carbonyl (C=O) groups excluding carboxylic acids is 3. The number of β-lactam (4-membered cyclic amide) rings is 1. The van der Waals surface area contributed by atoms with Gasteiger partial charge in [0.05, 0.1) is 47.9 Å². The molecule has 54 heavy (non-hydrogen) atoms. The normalized spacial score (nSPS) is 24.1. The minimum atomic E-state index is -3.55. The van der Waals surface area contributed by atoms with Crippen molar-refractivity contribution >= 4 is 43.3 Å². The van der Waals surface area contributed by atoms with Crippen LogP contribution in [-0.4, -0.2) is 70.2 Å². The number of rotatable bonds is 12. The number of benzene rings is 3. The number of ether oxygens (including phenoxy) is 2. The summed E-state index contributed by atoms with van der Waals surface area (Å²) in [6.45, 7) is 6.36. The molecule has 2 saturated heterocycles. The summed E-state index contributed by atoms with van der Waals surface area (Å²) in [7, 11) is -3.55. The second kappa shape index (κ2) is 14.2. The van der Waals surface area contributed by atoms with Crippen LogP contribution in [0, 0.1) is 16.0 Å². The molecule has 14 nitrogen and oxygen atoms in total. The number of anilines is 2. The summed E-state index contributed by atoms with van der Waals surface area (Å²) in [5, 5.41) is 30.8. The molecule has 0 bridgehead atoms. The van der Waals surface area contributed by atoms with Gasteiger partial charge in [0.1, 0.15) is 0 Å². The minimum absolute atomic E-state index is 0.0243. The lowest BCUT2D eigenvalue weighted by Gasteiger charge is -2.39. The van der Waals surface area contributed by atoms with E-state index < -0.39 is 54.6 Å². The lowest BCUT2D eigenvalue weighted by atomic mass is 9.82. The summed E-state index contributed by atoms with van der Waals surface area (Å²) in [5.41, 5.74) is 0.711. The fourth-order valence-electron chi connectivity index (χ4n) is 8.44. The van der Waals surface area contributed by atoms with E-state index in [4.69, 9.17) is 9.47 Å². The molecule has 3 aliphatic rings. The molecule has 0 saturated carbocycles. The maximum Gasteiger partial charge on any atom is 0.304 e. The minimum Gasteiger partial charge on any atom is -0.441 e. The Morgan fingerprint density at radius 2 is 1.91 bits per heavy atom. The summed E-state index contributed by atoms with van der Waals surface area (Å²) in [6, 6.07) is 20.6. The molecule has 2 fully saturated rings. The Labute approximate surface area is 311 Å². The van der Waals surface area contributed by atoms with E-state index in [0.29, 0.717) is 28.2 Å². The Kier molecular flexibility index (Phi) is 9.70. The van der Waals surface area contributed by atoms with Gasteiger partial charge in [0.25, 0.3) is 11.6 Å². The van der Waals surface area contributed by atoms with Gasteiger partial charge in [-0.15, -0.1) is 5.10 Å². The topological polar surface area (TPSA) is 170 Å². The smallest absolute Gasteiger partial charge is 0.304 e. The molecular weight excluding hydrogens is 716 g/mol. The van der Waals surface area contributed by atoms with Gasteiger partial charge in [-0.2, -0.15) is 0 Å². The molecule has 0 radical (unpaired) electrons. The Balaban J connectivity index is 1.19. The number of hydrogen-bond donors (Lipinski definition) is 1. The summed E-state index contributed by atoms with van der Waals surface area (Å²) in [6.07, 6.45) is 0.609. The molecular formula is C38H41FN6O8Si. The monoisotopic (exact) mass is 756 g/mol. The van der Waals surface area contributed by atoms with Crippen molar-refractivity contribution in [1.82, 2.24) is 15.0 Å². The van der Waals surface area contributed by atoms with E-state index in [-0.39, 0.29) is 50.1 Å². The third-order valence-corrected chi connectivity index (χ3v) is 13.3. The highest BCUT2D eigenvalue weighted by atomic mass is 28.4. The molecule has 1 spiro atoms. The molecule has 7 rings (SSSR count). The van der Waals surface area contributed by atoms with Crippen molar-refractivity contribution in [2.24, 2.45) is 5.92 Å². The number of nitrogens with zero attached hydrogens (tertiary/aromatic N) is 6. The highest BCUT2D eigenvalue weighted by Crippen LogP contribution is 2.60. The molecule has 6 atom stereocenters. The third-order valence-electron chi connectivity index (χ3n) is 10.8. The predicted octanol–water partition coefficient (Wildman–Crippen LogP) is 5.35. The van der Waals surface area contributed by atoms with Crippen LogP contribution in [0.4, 0.5) is 21.2 Å². The Morgan fingerprint density at radius 3 is 2.57 bits per heavy atom. The van der Waals surface area contributed by atoms with E-state index in [2.05, 4.69) is 10.3 Å². The number of nitro groups is 1. The number of non-ortho nitro benzene ring substituents is 1. The van der Waals surface area contributed by atoms with Crippen LogP contribution in [-0.2, 0) is 42.5 Å². The summed E-state index contributed by atoms with van der Waals surface area (Å²) >= 11 is 0. The van der Waals surface area contributed by atoms with Gasteiger partial charge in [0.2, 0.25) is 14.3 Å². The highest BCUT2D eigenvalue weighted by Gasteiger charge is 2.67. The number of nitro benzene ring substituents is 1. The van der Waals surface area contributed by atoms with E-state index in [1.807, 2.05) is 30.3 Å². The molecule has 2 unspecified atom stereocenters. The standard InChI is InChI=1S/C38H41FN6O8Si/c1-23-36(54(3,4)39)33(15-16-42-21-31(40-41-42)29(22-46)26-10-6-5-7-11-26)53-38(23)30-18-28(45(50)51)13-14-32(30)43(37(38)49)20-25-9-8-12-27(17-25)44-34(48)19-35(44)52-24(2)47/h5-14,17-18,21,23,29,33,35-36,46H,15-16,19-20,22H2,1-4H3/t23-,29?,33+,35?,36-,38+/m1/s1. The number of aryl methyl sites for hydroxylation is 1. The zero-order valence-electron chi connectivity index (χ0n) is 30.3. The van der Waals surface area contributed by atoms with Crippen molar-refractivity contribution < 1.29 is 38.0 Å².